The summed E-state index contributed by atoms with van der Waals surface area (Å²) in [5.41, 5.74) is 0. The van der Waals surface area contributed by atoms with Gasteiger partial charge in [0, 0.05) is 32.6 Å². The predicted octanol–water partition coefficient (Wildman–Crippen LogP) is 1.58. The molecule has 0 radical (unpaired) electrons. The molecule has 0 saturated carbocycles. The van der Waals surface area contributed by atoms with Crippen LogP contribution < -0.4 is 0 Å². The highest BCUT2D eigenvalue weighted by molar-refractivity contribution is 5.75. The Morgan fingerprint density at radius 1 is 1.33 bits per heavy atom. The zero-order valence-electron chi connectivity index (χ0n) is 10.5. The van der Waals surface area contributed by atoms with Crippen LogP contribution in [-0.2, 0) is 4.79 Å². The molecular formula is C13H20N2O3. The summed E-state index contributed by atoms with van der Waals surface area (Å²) in [4.78, 5) is 26.1. The molecule has 5 heteroatoms. The number of rotatable bonds is 6. The number of hydrogen-bond donors (Lipinski definition) is 1. The van der Waals surface area contributed by atoms with E-state index < -0.39 is 5.97 Å². The van der Waals surface area contributed by atoms with Crippen LogP contribution in [0.2, 0.25) is 0 Å². The van der Waals surface area contributed by atoms with Gasteiger partial charge in [0.15, 0.2) is 0 Å². The normalized spacial score (nSPS) is 18.4. The fourth-order valence-electron chi connectivity index (χ4n) is 2.16. The molecule has 1 aliphatic heterocycles. The summed E-state index contributed by atoms with van der Waals surface area (Å²) >= 11 is 0. The van der Waals surface area contributed by atoms with Crippen molar-refractivity contribution in [3.8, 4) is 0 Å². The Balaban J connectivity index is 2.53. The molecule has 0 spiro atoms. The van der Waals surface area contributed by atoms with Gasteiger partial charge in [-0.05, 0) is 12.3 Å². The number of aliphatic carboxylic acids is 1. The summed E-state index contributed by atoms with van der Waals surface area (Å²) in [5.74, 6) is -0.732. The molecule has 1 aliphatic rings. The molecule has 0 aromatic carbocycles. The van der Waals surface area contributed by atoms with Crippen molar-refractivity contribution in [2.24, 2.45) is 5.92 Å². The van der Waals surface area contributed by atoms with Crippen LogP contribution in [0, 0.1) is 5.92 Å². The van der Waals surface area contributed by atoms with E-state index in [1.165, 1.54) is 0 Å². The average molecular weight is 252 g/mol. The number of carboxylic acid groups (broad SMARTS) is 1. The fourth-order valence-corrected chi connectivity index (χ4v) is 2.16. The molecule has 100 valence electrons. The largest absolute Gasteiger partial charge is 0.481 e. The molecule has 0 aromatic rings. The van der Waals surface area contributed by atoms with Crippen LogP contribution in [-0.4, -0.2) is 53.1 Å². The summed E-state index contributed by atoms with van der Waals surface area (Å²) in [6, 6.07) is -0.0670. The minimum Gasteiger partial charge on any atom is -0.481 e. The van der Waals surface area contributed by atoms with Crippen molar-refractivity contribution < 1.29 is 14.7 Å². The summed E-state index contributed by atoms with van der Waals surface area (Å²) in [7, 11) is 0. The summed E-state index contributed by atoms with van der Waals surface area (Å²) in [6.45, 7) is 9.35. The van der Waals surface area contributed by atoms with E-state index in [-0.39, 0.29) is 18.4 Å². The van der Waals surface area contributed by atoms with Gasteiger partial charge in [-0.1, -0.05) is 12.2 Å². The Labute approximate surface area is 107 Å². The van der Waals surface area contributed by atoms with Crippen molar-refractivity contribution in [3.05, 3.63) is 25.3 Å². The molecule has 1 fully saturated rings. The number of hydrogen-bond acceptors (Lipinski definition) is 2. The van der Waals surface area contributed by atoms with Crippen LogP contribution in [0.3, 0.4) is 0 Å². The number of nitrogens with zero attached hydrogens (tertiary/aromatic N) is 2. The maximum absolute atomic E-state index is 12.2. The number of urea groups is 1. The van der Waals surface area contributed by atoms with E-state index in [9.17, 15) is 9.59 Å². The van der Waals surface area contributed by atoms with Crippen molar-refractivity contribution in [2.45, 2.75) is 12.8 Å². The van der Waals surface area contributed by atoms with Gasteiger partial charge in [-0.15, -0.1) is 13.2 Å². The van der Waals surface area contributed by atoms with Crippen LogP contribution in [0.1, 0.15) is 12.8 Å². The Kier molecular flexibility index (Phi) is 5.42. The van der Waals surface area contributed by atoms with Crippen molar-refractivity contribution in [1.29, 1.82) is 0 Å². The number of carbonyl (C=O) groups is 2. The van der Waals surface area contributed by atoms with Crippen LogP contribution in [0.25, 0.3) is 0 Å². The van der Waals surface area contributed by atoms with E-state index in [4.69, 9.17) is 5.11 Å². The number of carboxylic acids is 1. The molecule has 1 atom stereocenters. The van der Waals surface area contributed by atoms with E-state index in [2.05, 4.69) is 13.2 Å². The highest BCUT2D eigenvalue weighted by Gasteiger charge is 2.29. The quantitative estimate of drug-likeness (QED) is 0.730. The zero-order chi connectivity index (χ0) is 13.5. The lowest BCUT2D eigenvalue weighted by Gasteiger charge is -2.26. The third-order valence-corrected chi connectivity index (χ3v) is 2.99. The number of likely N-dealkylation sites (tertiary alicyclic amines) is 1. The Bertz CT molecular complexity index is 331. The maximum atomic E-state index is 12.2. The summed E-state index contributed by atoms with van der Waals surface area (Å²) < 4.78 is 0. The maximum Gasteiger partial charge on any atom is 0.320 e. The molecule has 0 bridgehead atoms. The standard InChI is InChI=1S/C13H20N2O3/c1-3-6-14(7-4-2)13(18)15-8-5-11(10-15)9-12(16)17/h3-4,11H,1-2,5-10H2,(H,16,17). The molecule has 1 unspecified atom stereocenters. The highest BCUT2D eigenvalue weighted by Crippen LogP contribution is 2.20. The van der Waals surface area contributed by atoms with Crippen LogP contribution in [0.15, 0.2) is 25.3 Å². The lowest BCUT2D eigenvalue weighted by Crippen LogP contribution is -2.42. The zero-order valence-corrected chi connectivity index (χ0v) is 10.5. The van der Waals surface area contributed by atoms with Gasteiger partial charge in [-0.2, -0.15) is 0 Å². The minimum absolute atomic E-state index is 0.0670. The number of amides is 2. The van der Waals surface area contributed by atoms with Crippen molar-refractivity contribution in [2.75, 3.05) is 26.2 Å². The fraction of sp³-hybridized carbons (Fsp3) is 0.538. The van der Waals surface area contributed by atoms with Crippen molar-refractivity contribution in [1.82, 2.24) is 9.80 Å². The summed E-state index contributed by atoms with van der Waals surface area (Å²) in [6.07, 6.45) is 4.24. The third kappa shape index (κ3) is 3.91. The van der Waals surface area contributed by atoms with E-state index in [0.29, 0.717) is 26.2 Å². The van der Waals surface area contributed by atoms with Gasteiger partial charge in [0.1, 0.15) is 0 Å². The minimum atomic E-state index is -0.802. The van der Waals surface area contributed by atoms with Crippen LogP contribution in [0.5, 0.6) is 0 Å². The van der Waals surface area contributed by atoms with Gasteiger partial charge in [0.2, 0.25) is 0 Å². The van der Waals surface area contributed by atoms with Gasteiger partial charge < -0.3 is 14.9 Å². The first kappa shape index (κ1) is 14.3. The second kappa shape index (κ2) is 6.83. The van der Waals surface area contributed by atoms with Crippen molar-refractivity contribution in [3.63, 3.8) is 0 Å². The molecule has 0 aliphatic carbocycles. The SMILES string of the molecule is C=CCN(CC=C)C(=O)N1CCC(CC(=O)O)C1. The number of carbonyl (C=O) groups excluding carboxylic acids is 1. The smallest absolute Gasteiger partial charge is 0.320 e. The lowest BCUT2D eigenvalue weighted by atomic mass is 10.1. The van der Waals surface area contributed by atoms with E-state index in [1.54, 1.807) is 22.0 Å². The molecule has 1 saturated heterocycles. The van der Waals surface area contributed by atoms with E-state index >= 15 is 0 Å². The van der Waals surface area contributed by atoms with Gasteiger partial charge in [-0.25, -0.2) is 4.79 Å². The van der Waals surface area contributed by atoms with Crippen LogP contribution >= 0.6 is 0 Å². The Hall–Kier alpha value is -1.78. The Morgan fingerprint density at radius 2 is 1.94 bits per heavy atom. The second-order valence-corrected chi connectivity index (χ2v) is 4.46. The topological polar surface area (TPSA) is 60.9 Å². The first-order chi connectivity index (χ1) is 8.58. The first-order valence-corrected chi connectivity index (χ1v) is 6.06. The molecular weight excluding hydrogens is 232 g/mol. The predicted molar refractivity (Wildman–Crippen MR) is 69.3 cm³/mol. The second-order valence-electron chi connectivity index (χ2n) is 4.46. The molecule has 2 amide bonds. The molecule has 0 aromatic heterocycles. The van der Waals surface area contributed by atoms with Gasteiger partial charge in [-0.3, -0.25) is 4.79 Å². The van der Waals surface area contributed by atoms with Gasteiger partial charge >= 0.3 is 12.0 Å². The van der Waals surface area contributed by atoms with Crippen LogP contribution in [0.4, 0.5) is 4.79 Å². The Morgan fingerprint density at radius 3 is 2.44 bits per heavy atom. The van der Waals surface area contributed by atoms with Gasteiger partial charge in [0.05, 0.1) is 0 Å². The highest BCUT2D eigenvalue weighted by atomic mass is 16.4. The van der Waals surface area contributed by atoms with Gasteiger partial charge in [0.25, 0.3) is 0 Å². The lowest BCUT2D eigenvalue weighted by molar-refractivity contribution is -0.138. The molecule has 1 N–H and O–H groups in total. The average Bonchev–Trinajstić information content (AvgIpc) is 2.75. The molecule has 1 rings (SSSR count). The summed E-state index contributed by atoms with van der Waals surface area (Å²) in [5, 5.41) is 8.74. The van der Waals surface area contributed by atoms with E-state index in [0.717, 1.165) is 6.42 Å². The third-order valence-electron chi connectivity index (χ3n) is 2.99. The molecule has 5 nitrogen and oxygen atoms in total. The molecule has 1 heterocycles. The molecule has 18 heavy (non-hydrogen) atoms. The first-order valence-electron chi connectivity index (χ1n) is 6.06. The van der Waals surface area contributed by atoms with Crippen molar-refractivity contribution >= 4 is 12.0 Å². The van der Waals surface area contributed by atoms with E-state index in [1.807, 2.05) is 0 Å². The monoisotopic (exact) mass is 252 g/mol.